The van der Waals surface area contributed by atoms with Crippen molar-refractivity contribution in [2.45, 2.75) is 19.9 Å². The predicted octanol–water partition coefficient (Wildman–Crippen LogP) is 0.353. The highest BCUT2D eigenvalue weighted by molar-refractivity contribution is 5.96. The van der Waals surface area contributed by atoms with Crippen molar-refractivity contribution in [1.29, 1.82) is 0 Å². The van der Waals surface area contributed by atoms with Crippen LogP contribution >= 0.6 is 0 Å². The second-order valence-electron chi connectivity index (χ2n) is 4.64. The van der Waals surface area contributed by atoms with Crippen LogP contribution in [0.1, 0.15) is 29.8 Å². The Morgan fingerprint density at radius 1 is 1.43 bits per heavy atom. The van der Waals surface area contributed by atoms with Crippen LogP contribution in [0.15, 0.2) is 18.5 Å². The fraction of sp³-hybridized carbons (Fsp3) is 0.400. The third kappa shape index (κ3) is 4.89. The number of nitrogens with one attached hydrogen (secondary N) is 1. The molecule has 1 unspecified atom stereocenters. The normalized spacial score (nSPS) is 11.3. The van der Waals surface area contributed by atoms with Crippen LogP contribution in [-0.4, -0.2) is 41.7 Å². The first-order chi connectivity index (χ1) is 9.99. The Morgan fingerprint density at radius 3 is 2.71 bits per heavy atom. The molecule has 1 heterocycles. The number of nitrogens with zero attached hydrogens (tertiary/aromatic N) is 1. The smallest absolute Gasteiger partial charge is 0.328 e. The molecule has 6 nitrogen and oxygen atoms in total. The number of hydrogen-bond donors (Lipinski definition) is 2. The standard InChI is InChI=1S/C15H18N2O4/c1-10(2)13(15(20)21-3)17-14(19)12-7-11(5-4-6-18)8-16-9-12/h7-10,13,18H,6H2,1-3H3,(H,17,19). The van der Waals surface area contributed by atoms with Gasteiger partial charge in [-0.15, -0.1) is 0 Å². The zero-order chi connectivity index (χ0) is 15.8. The fourth-order valence-corrected chi connectivity index (χ4v) is 1.62. The lowest BCUT2D eigenvalue weighted by molar-refractivity contribution is -0.144. The summed E-state index contributed by atoms with van der Waals surface area (Å²) in [7, 11) is 1.27. The van der Waals surface area contributed by atoms with Gasteiger partial charge in [0.15, 0.2) is 0 Å². The molecule has 0 saturated heterocycles. The Bertz CT molecular complexity index is 573. The van der Waals surface area contributed by atoms with Crippen LogP contribution in [0, 0.1) is 17.8 Å². The number of aromatic nitrogens is 1. The van der Waals surface area contributed by atoms with E-state index in [4.69, 9.17) is 5.11 Å². The first kappa shape index (κ1) is 16.7. The number of carbonyl (C=O) groups is 2. The van der Waals surface area contributed by atoms with Crippen molar-refractivity contribution in [1.82, 2.24) is 10.3 Å². The lowest BCUT2D eigenvalue weighted by atomic mass is 10.0. The van der Waals surface area contributed by atoms with Crippen LogP contribution in [0.2, 0.25) is 0 Å². The zero-order valence-corrected chi connectivity index (χ0v) is 12.2. The number of pyridine rings is 1. The molecule has 112 valence electrons. The molecule has 6 heteroatoms. The first-order valence-corrected chi connectivity index (χ1v) is 6.43. The third-order valence-corrected chi connectivity index (χ3v) is 2.72. The summed E-state index contributed by atoms with van der Waals surface area (Å²) in [4.78, 5) is 27.7. The van der Waals surface area contributed by atoms with Gasteiger partial charge in [0.05, 0.1) is 12.7 Å². The van der Waals surface area contributed by atoms with Gasteiger partial charge in [-0.1, -0.05) is 25.7 Å². The number of aliphatic hydroxyl groups is 1. The van der Waals surface area contributed by atoms with Crippen LogP contribution in [-0.2, 0) is 9.53 Å². The van der Waals surface area contributed by atoms with Crippen molar-refractivity contribution in [3.05, 3.63) is 29.6 Å². The van der Waals surface area contributed by atoms with E-state index in [1.807, 2.05) is 13.8 Å². The number of esters is 1. The van der Waals surface area contributed by atoms with Crippen molar-refractivity contribution in [2.75, 3.05) is 13.7 Å². The van der Waals surface area contributed by atoms with Gasteiger partial charge < -0.3 is 15.2 Å². The molecule has 0 aliphatic heterocycles. The molecule has 0 aromatic carbocycles. The van der Waals surface area contributed by atoms with Crippen molar-refractivity contribution in [3.8, 4) is 11.8 Å². The average molecular weight is 290 g/mol. The van der Waals surface area contributed by atoms with Gasteiger partial charge in [0.1, 0.15) is 12.6 Å². The minimum atomic E-state index is -0.727. The molecule has 2 N–H and O–H groups in total. The van der Waals surface area contributed by atoms with Gasteiger partial charge in [-0.2, -0.15) is 0 Å². The molecule has 0 fully saturated rings. The van der Waals surface area contributed by atoms with Crippen LogP contribution < -0.4 is 5.32 Å². The van der Waals surface area contributed by atoms with E-state index in [1.54, 1.807) is 6.07 Å². The van der Waals surface area contributed by atoms with E-state index in [9.17, 15) is 9.59 Å². The van der Waals surface area contributed by atoms with Gasteiger partial charge >= 0.3 is 5.97 Å². The predicted molar refractivity (Wildman–Crippen MR) is 76.3 cm³/mol. The second-order valence-corrected chi connectivity index (χ2v) is 4.64. The summed E-state index contributed by atoms with van der Waals surface area (Å²) in [5.74, 6) is 4.11. The van der Waals surface area contributed by atoms with Crippen molar-refractivity contribution in [3.63, 3.8) is 0 Å². The largest absolute Gasteiger partial charge is 0.467 e. The molecule has 1 atom stereocenters. The van der Waals surface area contributed by atoms with Gasteiger partial charge in [-0.25, -0.2) is 4.79 Å². The molecule has 1 rings (SSSR count). The molecular formula is C15H18N2O4. The molecule has 1 aromatic heterocycles. The second kappa shape index (κ2) is 8.02. The number of carbonyl (C=O) groups excluding carboxylic acids is 2. The summed E-state index contributed by atoms with van der Waals surface area (Å²) in [5, 5.41) is 11.3. The molecule has 0 bridgehead atoms. The quantitative estimate of drug-likeness (QED) is 0.617. The maximum Gasteiger partial charge on any atom is 0.328 e. The van der Waals surface area contributed by atoms with E-state index in [0.717, 1.165) is 0 Å². The number of rotatable bonds is 4. The van der Waals surface area contributed by atoms with E-state index in [-0.39, 0.29) is 18.1 Å². The fourth-order valence-electron chi connectivity index (χ4n) is 1.62. The maximum atomic E-state index is 12.1. The lowest BCUT2D eigenvalue weighted by Crippen LogP contribution is -2.45. The van der Waals surface area contributed by atoms with Crippen molar-refractivity contribution < 1.29 is 19.4 Å². The minimum absolute atomic E-state index is 0.105. The number of methoxy groups -OCH3 is 1. The van der Waals surface area contributed by atoms with E-state index < -0.39 is 17.9 Å². The summed E-state index contributed by atoms with van der Waals surface area (Å²) in [5.41, 5.74) is 0.796. The van der Waals surface area contributed by atoms with Gasteiger partial charge in [0.25, 0.3) is 5.91 Å². The molecule has 0 spiro atoms. The van der Waals surface area contributed by atoms with E-state index in [2.05, 4.69) is 26.9 Å². The van der Waals surface area contributed by atoms with Crippen LogP contribution in [0.4, 0.5) is 0 Å². The Kier molecular flexibility index (Phi) is 6.37. The maximum absolute atomic E-state index is 12.1. The molecular weight excluding hydrogens is 272 g/mol. The average Bonchev–Trinajstić information content (AvgIpc) is 2.49. The number of amides is 1. The van der Waals surface area contributed by atoms with Gasteiger partial charge in [-0.3, -0.25) is 9.78 Å². The van der Waals surface area contributed by atoms with Crippen molar-refractivity contribution >= 4 is 11.9 Å². The Labute approximate surface area is 123 Å². The molecule has 0 aliphatic rings. The Morgan fingerprint density at radius 2 is 2.14 bits per heavy atom. The highest BCUT2D eigenvalue weighted by Crippen LogP contribution is 2.07. The van der Waals surface area contributed by atoms with Gasteiger partial charge in [0, 0.05) is 18.0 Å². The molecule has 1 aromatic rings. The van der Waals surface area contributed by atoms with Crippen molar-refractivity contribution in [2.24, 2.45) is 5.92 Å². The molecule has 0 saturated carbocycles. The summed E-state index contributed by atoms with van der Waals surface area (Å²) in [6.45, 7) is 3.35. The third-order valence-electron chi connectivity index (χ3n) is 2.72. The Balaban J connectivity index is 2.90. The molecule has 0 aliphatic carbocycles. The monoisotopic (exact) mass is 290 g/mol. The van der Waals surface area contributed by atoms with E-state index in [1.165, 1.54) is 19.5 Å². The summed E-state index contributed by atoms with van der Waals surface area (Å²) >= 11 is 0. The SMILES string of the molecule is COC(=O)C(NC(=O)c1cncc(C#CCO)c1)C(C)C. The van der Waals surface area contributed by atoms with Crippen LogP contribution in [0.25, 0.3) is 0 Å². The molecule has 1 amide bonds. The van der Waals surface area contributed by atoms with Gasteiger partial charge in [0.2, 0.25) is 0 Å². The number of ether oxygens (including phenoxy) is 1. The number of hydrogen-bond acceptors (Lipinski definition) is 5. The Hall–Kier alpha value is -2.39. The minimum Gasteiger partial charge on any atom is -0.467 e. The highest BCUT2D eigenvalue weighted by Gasteiger charge is 2.25. The van der Waals surface area contributed by atoms with E-state index in [0.29, 0.717) is 5.56 Å². The highest BCUT2D eigenvalue weighted by atomic mass is 16.5. The first-order valence-electron chi connectivity index (χ1n) is 6.43. The molecule has 0 radical (unpaired) electrons. The van der Waals surface area contributed by atoms with Crippen LogP contribution in [0.5, 0.6) is 0 Å². The van der Waals surface area contributed by atoms with Gasteiger partial charge in [-0.05, 0) is 12.0 Å². The summed E-state index contributed by atoms with van der Waals surface area (Å²) < 4.78 is 4.67. The topological polar surface area (TPSA) is 88.5 Å². The van der Waals surface area contributed by atoms with Crippen LogP contribution in [0.3, 0.4) is 0 Å². The zero-order valence-electron chi connectivity index (χ0n) is 12.2. The summed E-state index contributed by atoms with van der Waals surface area (Å²) in [6.07, 6.45) is 2.87. The summed E-state index contributed by atoms with van der Waals surface area (Å²) in [6, 6.07) is 0.814. The number of aliphatic hydroxyl groups excluding tert-OH is 1. The van der Waals surface area contributed by atoms with E-state index >= 15 is 0 Å². The molecule has 21 heavy (non-hydrogen) atoms. The lowest BCUT2D eigenvalue weighted by Gasteiger charge is -2.19.